The molecule has 14 heavy (non-hydrogen) atoms. The van der Waals surface area contributed by atoms with Crippen LogP contribution in [0.2, 0.25) is 0 Å². The average molecular weight is 191 g/mol. The Balaban J connectivity index is 2.42. The summed E-state index contributed by atoms with van der Waals surface area (Å²) >= 11 is 0. The number of rotatable bonds is 2. The van der Waals surface area contributed by atoms with Gasteiger partial charge in [0.15, 0.2) is 0 Å². The lowest BCUT2D eigenvalue weighted by atomic mass is 10.1. The molecule has 1 heterocycles. The van der Waals surface area contributed by atoms with E-state index in [0.29, 0.717) is 11.7 Å². The molecule has 0 atom stereocenters. The standard InChI is InChI=1S/C11H17N3/c1-7(2)8-6-9(12)14-10(13-8)11(3)4-5-11/h6-7H,4-5H2,1-3H3,(H2,12,13,14). The van der Waals surface area contributed by atoms with Gasteiger partial charge >= 0.3 is 0 Å². The summed E-state index contributed by atoms with van der Waals surface area (Å²) in [5.74, 6) is 1.95. The van der Waals surface area contributed by atoms with Crippen LogP contribution in [0.4, 0.5) is 5.82 Å². The fraction of sp³-hybridized carbons (Fsp3) is 0.636. The molecule has 0 bridgehead atoms. The van der Waals surface area contributed by atoms with E-state index in [1.807, 2.05) is 6.07 Å². The van der Waals surface area contributed by atoms with Gasteiger partial charge in [0.05, 0.1) is 0 Å². The SMILES string of the molecule is CC(C)c1cc(N)nc(C2(C)CC2)n1. The predicted octanol–water partition coefficient (Wildman–Crippen LogP) is 2.23. The molecule has 0 aliphatic heterocycles. The number of nitrogen functional groups attached to an aromatic ring is 1. The van der Waals surface area contributed by atoms with E-state index < -0.39 is 0 Å². The smallest absolute Gasteiger partial charge is 0.136 e. The minimum absolute atomic E-state index is 0.207. The highest BCUT2D eigenvalue weighted by Crippen LogP contribution is 2.46. The number of nitrogens with zero attached hydrogens (tertiary/aromatic N) is 2. The molecule has 2 N–H and O–H groups in total. The first-order valence-corrected chi connectivity index (χ1v) is 5.16. The summed E-state index contributed by atoms with van der Waals surface area (Å²) in [6.45, 7) is 6.45. The van der Waals surface area contributed by atoms with Crippen molar-refractivity contribution in [2.24, 2.45) is 0 Å². The third-order valence-electron chi connectivity index (χ3n) is 2.90. The Labute approximate surface area is 84.8 Å². The molecular weight excluding hydrogens is 174 g/mol. The van der Waals surface area contributed by atoms with Crippen molar-refractivity contribution in [3.63, 3.8) is 0 Å². The van der Waals surface area contributed by atoms with Gasteiger partial charge < -0.3 is 5.73 Å². The van der Waals surface area contributed by atoms with Gasteiger partial charge in [-0.05, 0) is 18.8 Å². The van der Waals surface area contributed by atoms with Crippen molar-refractivity contribution in [2.45, 2.75) is 44.9 Å². The van der Waals surface area contributed by atoms with Gasteiger partial charge in [-0.1, -0.05) is 20.8 Å². The molecule has 1 aliphatic carbocycles. The van der Waals surface area contributed by atoms with Crippen molar-refractivity contribution in [3.05, 3.63) is 17.6 Å². The minimum atomic E-state index is 0.207. The first-order chi connectivity index (χ1) is 6.51. The number of aromatic nitrogens is 2. The van der Waals surface area contributed by atoms with Gasteiger partial charge in [0.1, 0.15) is 11.6 Å². The largest absolute Gasteiger partial charge is 0.384 e. The summed E-state index contributed by atoms with van der Waals surface area (Å²) in [4.78, 5) is 8.89. The van der Waals surface area contributed by atoms with Gasteiger partial charge in [0.2, 0.25) is 0 Å². The zero-order valence-corrected chi connectivity index (χ0v) is 9.04. The summed E-state index contributed by atoms with van der Waals surface area (Å²) in [6.07, 6.45) is 2.38. The highest BCUT2D eigenvalue weighted by Gasteiger charge is 2.42. The third kappa shape index (κ3) is 1.59. The van der Waals surface area contributed by atoms with E-state index in [2.05, 4.69) is 30.7 Å². The summed E-state index contributed by atoms with van der Waals surface area (Å²) in [5.41, 5.74) is 7.03. The van der Waals surface area contributed by atoms with Gasteiger partial charge in [0, 0.05) is 17.2 Å². The molecule has 1 saturated carbocycles. The Morgan fingerprint density at radius 1 is 1.36 bits per heavy atom. The van der Waals surface area contributed by atoms with Crippen LogP contribution in [-0.4, -0.2) is 9.97 Å². The lowest BCUT2D eigenvalue weighted by molar-refractivity contribution is 0.685. The second-order valence-corrected chi connectivity index (χ2v) is 4.76. The Bertz CT molecular complexity index is 354. The Kier molecular flexibility index (Phi) is 1.98. The second-order valence-electron chi connectivity index (χ2n) is 4.76. The molecule has 76 valence electrons. The van der Waals surface area contributed by atoms with Crippen molar-refractivity contribution in [1.82, 2.24) is 9.97 Å². The molecule has 0 spiro atoms. The summed E-state index contributed by atoms with van der Waals surface area (Å²) < 4.78 is 0. The highest BCUT2D eigenvalue weighted by molar-refractivity contribution is 5.34. The van der Waals surface area contributed by atoms with Crippen LogP contribution in [0.3, 0.4) is 0 Å². The quantitative estimate of drug-likeness (QED) is 0.780. The Hall–Kier alpha value is -1.12. The zero-order valence-electron chi connectivity index (χ0n) is 9.04. The average Bonchev–Trinajstić information content (AvgIpc) is 2.84. The van der Waals surface area contributed by atoms with Crippen molar-refractivity contribution < 1.29 is 0 Å². The summed E-state index contributed by atoms with van der Waals surface area (Å²) in [5, 5.41) is 0. The molecule has 0 saturated heterocycles. The van der Waals surface area contributed by atoms with E-state index in [9.17, 15) is 0 Å². The Morgan fingerprint density at radius 3 is 2.50 bits per heavy atom. The molecule has 0 unspecified atom stereocenters. The van der Waals surface area contributed by atoms with E-state index in [-0.39, 0.29) is 5.41 Å². The molecule has 2 rings (SSSR count). The van der Waals surface area contributed by atoms with E-state index in [1.165, 1.54) is 12.8 Å². The van der Waals surface area contributed by atoms with Crippen LogP contribution in [0.1, 0.15) is 51.0 Å². The van der Waals surface area contributed by atoms with Gasteiger partial charge in [0.25, 0.3) is 0 Å². The number of hydrogen-bond donors (Lipinski definition) is 1. The summed E-state index contributed by atoms with van der Waals surface area (Å²) in [6, 6.07) is 1.87. The molecule has 3 heteroatoms. The maximum atomic E-state index is 5.77. The van der Waals surface area contributed by atoms with E-state index in [0.717, 1.165) is 11.5 Å². The molecule has 0 amide bonds. The number of hydrogen-bond acceptors (Lipinski definition) is 3. The maximum absolute atomic E-state index is 5.77. The topological polar surface area (TPSA) is 51.8 Å². The van der Waals surface area contributed by atoms with Crippen LogP contribution >= 0.6 is 0 Å². The van der Waals surface area contributed by atoms with E-state index >= 15 is 0 Å². The highest BCUT2D eigenvalue weighted by atomic mass is 15.0. The molecule has 3 nitrogen and oxygen atoms in total. The van der Waals surface area contributed by atoms with Crippen LogP contribution in [0, 0.1) is 0 Å². The van der Waals surface area contributed by atoms with Crippen molar-refractivity contribution >= 4 is 5.82 Å². The lowest BCUT2D eigenvalue weighted by Crippen LogP contribution is -2.11. The molecule has 1 aliphatic rings. The van der Waals surface area contributed by atoms with Gasteiger partial charge in [-0.2, -0.15) is 0 Å². The van der Waals surface area contributed by atoms with Gasteiger partial charge in [-0.15, -0.1) is 0 Å². The third-order valence-corrected chi connectivity index (χ3v) is 2.90. The van der Waals surface area contributed by atoms with Crippen molar-refractivity contribution in [3.8, 4) is 0 Å². The zero-order chi connectivity index (χ0) is 10.3. The molecule has 0 aromatic carbocycles. The second kappa shape index (κ2) is 2.94. The normalized spacial score (nSPS) is 18.6. The lowest BCUT2D eigenvalue weighted by Gasteiger charge is -2.11. The molecule has 1 fully saturated rings. The molecule has 1 aromatic heterocycles. The molecule has 0 radical (unpaired) electrons. The van der Waals surface area contributed by atoms with Crippen LogP contribution in [0.25, 0.3) is 0 Å². The fourth-order valence-electron chi connectivity index (χ4n) is 1.46. The van der Waals surface area contributed by atoms with Crippen LogP contribution < -0.4 is 5.73 Å². The summed E-state index contributed by atoms with van der Waals surface area (Å²) in [7, 11) is 0. The van der Waals surface area contributed by atoms with E-state index in [4.69, 9.17) is 5.73 Å². The van der Waals surface area contributed by atoms with Crippen LogP contribution in [0.5, 0.6) is 0 Å². The monoisotopic (exact) mass is 191 g/mol. The van der Waals surface area contributed by atoms with Crippen LogP contribution in [0.15, 0.2) is 6.07 Å². The van der Waals surface area contributed by atoms with Gasteiger partial charge in [-0.25, -0.2) is 9.97 Å². The van der Waals surface area contributed by atoms with Crippen LogP contribution in [-0.2, 0) is 5.41 Å². The first kappa shape index (κ1) is 9.44. The number of anilines is 1. The molecular formula is C11H17N3. The first-order valence-electron chi connectivity index (χ1n) is 5.16. The minimum Gasteiger partial charge on any atom is -0.384 e. The Morgan fingerprint density at radius 2 is 2.00 bits per heavy atom. The van der Waals surface area contributed by atoms with E-state index in [1.54, 1.807) is 0 Å². The molecule has 1 aromatic rings. The van der Waals surface area contributed by atoms with Crippen molar-refractivity contribution in [1.29, 1.82) is 0 Å². The van der Waals surface area contributed by atoms with Crippen molar-refractivity contribution in [2.75, 3.05) is 5.73 Å². The van der Waals surface area contributed by atoms with Gasteiger partial charge in [-0.3, -0.25) is 0 Å². The fourth-order valence-corrected chi connectivity index (χ4v) is 1.46. The number of nitrogens with two attached hydrogens (primary N) is 1. The maximum Gasteiger partial charge on any atom is 0.136 e. The predicted molar refractivity (Wildman–Crippen MR) is 57.1 cm³/mol.